The second-order valence-electron chi connectivity index (χ2n) is 5.06. The number of alkyl halides is 1. The van der Waals surface area contributed by atoms with Gasteiger partial charge in [-0.1, -0.05) is 48.3 Å². The molecule has 0 amide bonds. The quantitative estimate of drug-likeness (QED) is 0.669. The molecule has 0 nitrogen and oxygen atoms in total. The van der Waals surface area contributed by atoms with Crippen molar-refractivity contribution in [2.45, 2.75) is 38.4 Å². The highest BCUT2D eigenvalue weighted by molar-refractivity contribution is 9.09. The molecular formula is C13H17BrClF. The molecule has 0 N–H and O–H groups in total. The van der Waals surface area contributed by atoms with E-state index in [1.54, 1.807) is 12.1 Å². The fraction of sp³-hybridized carbons (Fsp3) is 0.538. The first-order valence-corrected chi connectivity index (χ1v) is 6.67. The maximum Gasteiger partial charge on any atom is 0.126 e. The van der Waals surface area contributed by atoms with Crippen LogP contribution in [0.2, 0.25) is 5.02 Å². The SMILES string of the molecule is CC(Br)CC(C)(C)Cc1cc(Cl)ccc1F. The van der Waals surface area contributed by atoms with Crippen LogP contribution >= 0.6 is 27.5 Å². The Morgan fingerprint density at radius 2 is 2.06 bits per heavy atom. The van der Waals surface area contributed by atoms with Gasteiger partial charge >= 0.3 is 0 Å². The monoisotopic (exact) mass is 306 g/mol. The van der Waals surface area contributed by atoms with Gasteiger partial charge < -0.3 is 0 Å². The van der Waals surface area contributed by atoms with Crippen LogP contribution in [0.4, 0.5) is 4.39 Å². The molecule has 90 valence electrons. The molecular weight excluding hydrogens is 290 g/mol. The lowest BCUT2D eigenvalue weighted by Crippen LogP contribution is -2.19. The van der Waals surface area contributed by atoms with Gasteiger partial charge in [-0.05, 0) is 42.0 Å². The number of hydrogen-bond acceptors (Lipinski definition) is 0. The molecule has 0 aliphatic carbocycles. The van der Waals surface area contributed by atoms with E-state index in [1.807, 2.05) is 0 Å². The fourth-order valence-electron chi connectivity index (χ4n) is 2.03. The molecule has 0 aliphatic heterocycles. The van der Waals surface area contributed by atoms with Crippen LogP contribution in [0.15, 0.2) is 18.2 Å². The van der Waals surface area contributed by atoms with E-state index in [-0.39, 0.29) is 11.2 Å². The number of rotatable bonds is 4. The molecule has 0 bridgehead atoms. The van der Waals surface area contributed by atoms with Gasteiger partial charge in [0.05, 0.1) is 0 Å². The molecule has 3 heteroatoms. The van der Waals surface area contributed by atoms with Crippen LogP contribution in [0, 0.1) is 11.2 Å². The first kappa shape index (κ1) is 14.0. The van der Waals surface area contributed by atoms with Crippen LogP contribution in [0.3, 0.4) is 0 Å². The van der Waals surface area contributed by atoms with Gasteiger partial charge in [-0.25, -0.2) is 4.39 Å². The van der Waals surface area contributed by atoms with Crippen molar-refractivity contribution in [2.24, 2.45) is 5.41 Å². The summed E-state index contributed by atoms with van der Waals surface area (Å²) in [6.07, 6.45) is 1.70. The summed E-state index contributed by atoms with van der Waals surface area (Å²) < 4.78 is 13.6. The predicted octanol–water partition coefficient (Wildman–Crippen LogP) is 5.22. The van der Waals surface area contributed by atoms with Crippen LogP contribution in [-0.4, -0.2) is 4.83 Å². The summed E-state index contributed by atoms with van der Waals surface area (Å²) in [7, 11) is 0. The summed E-state index contributed by atoms with van der Waals surface area (Å²) in [6, 6.07) is 4.74. The summed E-state index contributed by atoms with van der Waals surface area (Å²) in [4.78, 5) is 0.435. The molecule has 0 spiro atoms. The third kappa shape index (κ3) is 4.42. The van der Waals surface area contributed by atoms with Crippen LogP contribution < -0.4 is 0 Å². The highest BCUT2D eigenvalue weighted by Crippen LogP contribution is 2.31. The summed E-state index contributed by atoms with van der Waals surface area (Å²) >= 11 is 9.41. The maximum atomic E-state index is 13.6. The highest BCUT2D eigenvalue weighted by Gasteiger charge is 2.22. The molecule has 0 heterocycles. The van der Waals surface area contributed by atoms with Crippen molar-refractivity contribution in [3.05, 3.63) is 34.6 Å². The van der Waals surface area contributed by atoms with Gasteiger partial charge in [0.25, 0.3) is 0 Å². The van der Waals surface area contributed by atoms with Gasteiger partial charge in [-0.15, -0.1) is 0 Å². The lowest BCUT2D eigenvalue weighted by Gasteiger charge is -2.26. The van der Waals surface area contributed by atoms with E-state index in [0.29, 0.717) is 21.8 Å². The molecule has 0 aliphatic rings. The molecule has 16 heavy (non-hydrogen) atoms. The lowest BCUT2D eigenvalue weighted by molar-refractivity contribution is 0.330. The first-order valence-electron chi connectivity index (χ1n) is 5.38. The molecule has 0 saturated carbocycles. The smallest absolute Gasteiger partial charge is 0.126 e. The number of halogens is 3. The summed E-state index contributed by atoms with van der Waals surface area (Å²) in [5.41, 5.74) is 0.764. The fourth-order valence-corrected chi connectivity index (χ4v) is 3.10. The third-order valence-electron chi connectivity index (χ3n) is 2.51. The molecule has 1 aromatic carbocycles. The van der Waals surface area contributed by atoms with E-state index in [2.05, 4.69) is 36.7 Å². The van der Waals surface area contributed by atoms with Gasteiger partial charge in [0, 0.05) is 9.85 Å². The standard InChI is InChI=1S/C13H17BrClF/c1-9(14)7-13(2,3)8-10-6-11(15)4-5-12(10)16/h4-6,9H,7-8H2,1-3H3. The zero-order chi connectivity index (χ0) is 12.3. The van der Waals surface area contributed by atoms with Gasteiger partial charge in [-0.3, -0.25) is 0 Å². The van der Waals surface area contributed by atoms with Gasteiger partial charge in [0.15, 0.2) is 0 Å². The Bertz CT molecular complexity index is 361. The Hall–Kier alpha value is -0.0800. The Morgan fingerprint density at radius 3 is 2.62 bits per heavy atom. The summed E-state index contributed by atoms with van der Waals surface area (Å²) in [5.74, 6) is -0.167. The normalized spacial score (nSPS) is 13.9. The Kier molecular flexibility index (Phi) is 4.81. The zero-order valence-electron chi connectivity index (χ0n) is 9.86. The number of benzene rings is 1. The van der Waals surface area contributed by atoms with E-state index in [4.69, 9.17) is 11.6 Å². The lowest BCUT2D eigenvalue weighted by atomic mass is 9.82. The van der Waals surface area contributed by atoms with Crippen molar-refractivity contribution in [3.8, 4) is 0 Å². The molecule has 1 rings (SSSR count). The Balaban J connectivity index is 2.82. The molecule has 0 aromatic heterocycles. The second kappa shape index (κ2) is 5.50. The van der Waals surface area contributed by atoms with Gasteiger partial charge in [0.2, 0.25) is 0 Å². The van der Waals surface area contributed by atoms with Crippen molar-refractivity contribution < 1.29 is 4.39 Å². The van der Waals surface area contributed by atoms with Gasteiger partial charge in [-0.2, -0.15) is 0 Å². The van der Waals surface area contributed by atoms with E-state index < -0.39 is 0 Å². The largest absolute Gasteiger partial charge is 0.207 e. The van der Waals surface area contributed by atoms with E-state index in [0.717, 1.165) is 6.42 Å². The van der Waals surface area contributed by atoms with E-state index in [1.165, 1.54) is 6.07 Å². The van der Waals surface area contributed by atoms with Crippen LogP contribution in [0.25, 0.3) is 0 Å². The van der Waals surface area contributed by atoms with Gasteiger partial charge in [0.1, 0.15) is 5.82 Å². The van der Waals surface area contributed by atoms with Crippen molar-refractivity contribution in [1.29, 1.82) is 0 Å². The Labute approximate surface area is 110 Å². The minimum Gasteiger partial charge on any atom is -0.207 e. The average molecular weight is 308 g/mol. The third-order valence-corrected chi connectivity index (χ3v) is 3.07. The molecule has 0 radical (unpaired) electrons. The second-order valence-corrected chi connectivity index (χ2v) is 7.06. The molecule has 0 saturated heterocycles. The van der Waals surface area contributed by atoms with Crippen molar-refractivity contribution in [3.63, 3.8) is 0 Å². The predicted molar refractivity (Wildman–Crippen MR) is 71.9 cm³/mol. The topological polar surface area (TPSA) is 0 Å². The molecule has 1 aromatic rings. The zero-order valence-corrected chi connectivity index (χ0v) is 12.2. The summed E-state index contributed by atoms with van der Waals surface area (Å²) in [5, 5.41) is 0.596. The number of hydrogen-bond donors (Lipinski definition) is 0. The molecule has 0 fully saturated rings. The van der Waals surface area contributed by atoms with Crippen LogP contribution in [-0.2, 0) is 6.42 Å². The summed E-state index contributed by atoms with van der Waals surface area (Å²) in [6.45, 7) is 6.40. The molecule has 1 unspecified atom stereocenters. The van der Waals surface area contributed by atoms with Crippen molar-refractivity contribution in [2.75, 3.05) is 0 Å². The highest BCUT2D eigenvalue weighted by atomic mass is 79.9. The van der Waals surface area contributed by atoms with E-state index >= 15 is 0 Å². The first-order chi connectivity index (χ1) is 7.30. The maximum absolute atomic E-state index is 13.6. The van der Waals surface area contributed by atoms with E-state index in [9.17, 15) is 4.39 Å². The minimum atomic E-state index is -0.167. The molecule has 1 atom stereocenters. The van der Waals surface area contributed by atoms with Crippen LogP contribution in [0.1, 0.15) is 32.8 Å². The van der Waals surface area contributed by atoms with Crippen molar-refractivity contribution in [1.82, 2.24) is 0 Å². The Morgan fingerprint density at radius 1 is 1.44 bits per heavy atom. The van der Waals surface area contributed by atoms with Crippen LogP contribution in [0.5, 0.6) is 0 Å². The average Bonchev–Trinajstić information content (AvgIpc) is 2.08. The van der Waals surface area contributed by atoms with Crippen molar-refractivity contribution >= 4 is 27.5 Å². The minimum absolute atomic E-state index is 0.0639.